The SMILES string of the molecule is CC(=O)N1CCC(C(=O)NC[C@H]2CCOC2)CC1. The second-order valence-electron chi connectivity index (χ2n) is 5.26. The highest BCUT2D eigenvalue weighted by Gasteiger charge is 2.26. The van der Waals surface area contributed by atoms with Crippen molar-refractivity contribution in [1.29, 1.82) is 0 Å². The lowest BCUT2D eigenvalue weighted by molar-refractivity contribution is -0.134. The minimum absolute atomic E-state index is 0.0721. The van der Waals surface area contributed by atoms with Crippen LogP contribution in [0.4, 0.5) is 0 Å². The summed E-state index contributed by atoms with van der Waals surface area (Å²) >= 11 is 0. The summed E-state index contributed by atoms with van der Waals surface area (Å²) in [7, 11) is 0. The van der Waals surface area contributed by atoms with Gasteiger partial charge in [0.15, 0.2) is 0 Å². The molecule has 5 nitrogen and oxygen atoms in total. The molecule has 0 bridgehead atoms. The van der Waals surface area contributed by atoms with Gasteiger partial charge in [-0.1, -0.05) is 0 Å². The zero-order valence-corrected chi connectivity index (χ0v) is 11.0. The summed E-state index contributed by atoms with van der Waals surface area (Å²) < 4.78 is 5.28. The summed E-state index contributed by atoms with van der Waals surface area (Å²) in [4.78, 5) is 25.0. The van der Waals surface area contributed by atoms with Crippen LogP contribution < -0.4 is 5.32 Å². The van der Waals surface area contributed by atoms with E-state index in [2.05, 4.69) is 5.32 Å². The van der Waals surface area contributed by atoms with Crippen molar-refractivity contribution in [3.05, 3.63) is 0 Å². The molecule has 0 unspecified atom stereocenters. The highest BCUT2D eigenvalue weighted by atomic mass is 16.5. The molecule has 0 aromatic heterocycles. The number of rotatable bonds is 3. The van der Waals surface area contributed by atoms with Crippen LogP contribution in [-0.4, -0.2) is 49.6 Å². The highest BCUT2D eigenvalue weighted by Crippen LogP contribution is 2.18. The molecule has 0 radical (unpaired) electrons. The normalized spacial score (nSPS) is 25.2. The second-order valence-corrected chi connectivity index (χ2v) is 5.26. The lowest BCUT2D eigenvalue weighted by Gasteiger charge is -2.30. The molecular weight excluding hydrogens is 232 g/mol. The van der Waals surface area contributed by atoms with E-state index in [0.717, 1.165) is 39.0 Å². The molecule has 2 heterocycles. The minimum atomic E-state index is 0.0721. The third-order valence-electron chi connectivity index (χ3n) is 3.90. The summed E-state index contributed by atoms with van der Waals surface area (Å²) in [5.74, 6) is 0.802. The summed E-state index contributed by atoms with van der Waals surface area (Å²) in [5.41, 5.74) is 0. The van der Waals surface area contributed by atoms with Crippen LogP contribution in [0.1, 0.15) is 26.2 Å². The fraction of sp³-hybridized carbons (Fsp3) is 0.846. The molecule has 2 saturated heterocycles. The lowest BCUT2D eigenvalue weighted by Crippen LogP contribution is -2.43. The van der Waals surface area contributed by atoms with Crippen molar-refractivity contribution in [2.24, 2.45) is 11.8 Å². The summed E-state index contributed by atoms with van der Waals surface area (Å²) in [6.45, 7) is 5.31. The Morgan fingerprint density at radius 1 is 1.28 bits per heavy atom. The van der Waals surface area contributed by atoms with Crippen molar-refractivity contribution >= 4 is 11.8 Å². The Kier molecular flexibility index (Phi) is 4.58. The molecule has 2 aliphatic rings. The molecule has 1 atom stereocenters. The highest BCUT2D eigenvalue weighted by molar-refractivity contribution is 5.79. The number of carbonyl (C=O) groups excluding carboxylic acids is 2. The van der Waals surface area contributed by atoms with Gasteiger partial charge in [0, 0.05) is 45.0 Å². The number of hydrogen-bond acceptors (Lipinski definition) is 3. The van der Waals surface area contributed by atoms with Gasteiger partial charge in [-0.15, -0.1) is 0 Å². The van der Waals surface area contributed by atoms with Gasteiger partial charge in [-0.05, 0) is 19.3 Å². The van der Waals surface area contributed by atoms with E-state index in [-0.39, 0.29) is 17.7 Å². The van der Waals surface area contributed by atoms with Crippen molar-refractivity contribution in [3.8, 4) is 0 Å². The first-order valence-electron chi connectivity index (χ1n) is 6.78. The second kappa shape index (κ2) is 6.18. The molecular formula is C13H22N2O3. The van der Waals surface area contributed by atoms with Gasteiger partial charge < -0.3 is 15.0 Å². The standard InChI is InChI=1S/C13H22N2O3/c1-10(16)15-5-2-12(3-6-15)13(17)14-8-11-4-7-18-9-11/h11-12H,2-9H2,1H3,(H,14,17)/t11-/m1/s1. The maximum absolute atomic E-state index is 12.0. The Bertz CT molecular complexity index is 305. The Labute approximate surface area is 108 Å². The molecule has 102 valence electrons. The average molecular weight is 254 g/mol. The van der Waals surface area contributed by atoms with Crippen molar-refractivity contribution in [3.63, 3.8) is 0 Å². The molecule has 18 heavy (non-hydrogen) atoms. The van der Waals surface area contributed by atoms with Crippen molar-refractivity contribution in [2.45, 2.75) is 26.2 Å². The molecule has 5 heteroatoms. The van der Waals surface area contributed by atoms with E-state index in [1.165, 1.54) is 0 Å². The van der Waals surface area contributed by atoms with Gasteiger partial charge in [-0.3, -0.25) is 9.59 Å². The molecule has 0 aromatic rings. The van der Waals surface area contributed by atoms with E-state index in [0.29, 0.717) is 19.0 Å². The van der Waals surface area contributed by atoms with Crippen LogP contribution in [-0.2, 0) is 14.3 Å². The van der Waals surface area contributed by atoms with E-state index in [1.54, 1.807) is 6.92 Å². The maximum atomic E-state index is 12.0. The van der Waals surface area contributed by atoms with Gasteiger partial charge in [0.25, 0.3) is 0 Å². The summed E-state index contributed by atoms with van der Waals surface area (Å²) in [6, 6.07) is 0. The van der Waals surface area contributed by atoms with Crippen LogP contribution in [0.25, 0.3) is 0 Å². The Hall–Kier alpha value is -1.10. The first-order chi connectivity index (χ1) is 8.66. The molecule has 0 saturated carbocycles. The third-order valence-corrected chi connectivity index (χ3v) is 3.90. The first kappa shape index (κ1) is 13.3. The topological polar surface area (TPSA) is 58.6 Å². The van der Waals surface area contributed by atoms with Crippen LogP contribution in [0.3, 0.4) is 0 Å². The van der Waals surface area contributed by atoms with Crippen LogP contribution in [0.5, 0.6) is 0 Å². The molecule has 0 aliphatic carbocycles. The molecule has 2 rings (SSSR count). The minimum Gasteiger partial charge on any atom is -0.381 e. The third kappa shape index (κ3) is 3.45. The van der Waals surface area contributed by atoms with Crippen LogP contribution >= 0.6 is 0 Å². The van der Waals surface area contributed by atoms with E-state index < -0.39 is 0 Å². The van der Waals surface area contributed by atoms with E-state index in [9.17, 15) is 9.59 Å². The first-order valence-corrected chi connectivity index (χ1v) is 6.78. The van der Waals surface area contributed by atoms with E-state index >= 15 is 0 Å². The Balaban J connectivity index is 1.68. The largest absolute Gasteiger partial charge is 0.381 e. The number of piperidine rings is 1. The summed E-state index contributed by atoms with van der Waals surface area (Å²) in [5, 5.41) is 3.02. The van der Waals surface area contributed by atoms with E-state index in [1.807, 2.05) is 4.90 Å². The fourth-order valence-corrected chi connectivity index (χ4v) is 2.59. The maximum Gasteiger partial charge on any atom is 0.223 e. The van der Waals surface area contributed by atoms with Crippen molar-refractivity contribution in [2.75, 3.05) is 32.8 Å². The number of hydrogen-bond donors (Lipinski definition) is 1. The van der Waals surface area contributed by atoms with Gasteiger partial charge >= 0.3 is 0 Å². The lowest BCUT2D eigenvalue weighted by atomic mass is 9.95. The Morgan fingerprint density at radius 3 is 2.56 bits per heavy atom. The van der Waals surface area contributed by atoms with Gasteiger partial charge in [-0.2, -0.15) is 0 Å². The number of likely N-dealkylation sites (tertiary alicyclic amines) is 1. The van der Waals surface area contributed by atoms with E-state index in [4.69, 9.17) is 4.74 Å². The smallest absolute Gasteiger partial charge is 0.223 e. The van der Waals surface area contributed by atoms with Gasteiger partial charge in [0.2, 0.25) is 11.8 Å². The molecule has 2 amide bonds. The zero-order chi connectivity index (χ0) is 13.0. The van der Waals surface area contributed by atoms with Crippen molar-refractivity contribution < 1.29 is 14.3 Å². The monoisotopic (exact) mass is 254 g/mol. The number of nitrogens with one attached hydrogen (secondary N) is 1. The molecule has 1 N–H and O–H groups in total. The molecule has 2 fully saturated rings. The average Bonchev–Trinajstić information content (AvgIpc) is 2.89. The quantitative estimate of drug-likeness (QED) is 0.793. The fourth-order valence-electron chi connectivity index (χ4n) is 2.59. The van der Waals surface area contributed by atoms with Gasteiger partial charge in [0.05, 0.1) is 6.61 Å². The number of nitrogens with zero attached hydrogens (tertiary/aromatic N) is 1. The number of amides is 2. The molecule has 0 aromatic carbocycles. The Morgan fingerprint density at radius 2 is 2.00 bits per heavy atom. The van der Waals surface area contributed by atoms with Crippen molar-refractivity contribution in [1.82, 2.24) is 10.2 Å². The van der Waals surface area contributed by atoms with Gasteiger partial charge in [-0.25, -0.2) is 0 Å². The molecule has 2 aliphatic heterocycles. The van der Waals surface area contributed by atoms with Crippen LogP contribution in [0.15, 0.2) is 0 Å². The van der Waals surface area contributed by atoms with Gasteiger partial charge in [0.1, 0.15) is 0 Å². The summed E-state index contributed by atoms with van der Waals surface area (Å²) in [6.07, 6.45) is 2.61. The molecule has 0 spiro atoms. The number of carbonyl (C=O) groups is 2. The predicted octanol–water partition coefficient (Wildman–Crippen LogP) is 0.398. The predicted molar refractivity (Wildman–Crippen MR) is 66.9 cm³/mol. The zero-order valence-electron chi connectivity index (χ0n) is 11.0. The number of ether oxygens (including phenoxy) is 1. The van der Waals surface area contributed by atoms with Crippen LogP contribution in [0.2, 0.25) is 0 Å². The van der Waals surface area contributed by atoms with Crippen LogP contribution in [0, 0.1) is 11.8 Å².